The smallest absolute Gasteiger partial charge is 0.255 e. The Morgan fingerprint density at radius 1 is 1.55 bits per heavy atom. The maximum Gasteiger partial charge on any atom is 0.255 e. The topological polar surface area (TPSA) is 90.9 Å². The third-order valence-electron chi connectivity index (χ3n) is 3.90. The average Bonchev–Trinajstić information content (AvgIpc) is 3.15. The number of carbonyl (C=O) groups excluding carboxylic acids is 1. The number of aromatic nitrogens is 3. The second-order valence-corrected chi connectivity index (χ2v) is 6.86. The highest BCUT2D eigenvalue weighted by Gasteiger charge is 2.28. The molecule has 0 aromatic carbocycles. The van der Waals surface area contributed by atoms with Crippen molar-refractivity contribution in [3.8, 4) is 0 Å². The van der Waals surface area contributed by atoms with Gasteiger partial charge in [0.1, 0.15) is 5.52 Å². The van der Waals surface area contributed by atoms with E-state index in [1.54, 1.807) is 19.3 Å². The van der Waals surface area contributed by atoms with Gasteiger partial charge in [-0.25, -0.2) is 9.97 Å². The van der Waals surface area contributed by atoms with Crippen molar-refractivity contribution in [2.75, 3.05) is 0 Å². The van der Waals surface area contributed by atoms with Crippen LogP contribution in [0.25, 0.3) is 11.2 Å². The lowest BCUT2D eigenvalue weighted by Crippen LogP contribution is -2.45. The molecule has 0 spiro atoms. The lowest BCUT2D eigenvalue weighted by molar-refractivity contribution is 0.0871. The van der Waals surface area contributed by atoms with Crippen molar-refractivity contribution < 1.29 is 9.90 Å². The average molecular weight is 302 g/mol. The minimum absolute atomic E-state index is 0.195. The minimum Gasteiger partial charge on any atom is -0.393 e. The molecular formula is C16H22N4O2. The zero-order valence-electron chi connectivity index (χ0n) is 13.2. The van der Waals surface area contributed by atoms with Crippen LogP contribution in [0.2, 0.25) is 0 Å². The Balaban J connectivity index is 1.85. The fourth-order valence-corrected chi connectivity index (χ4v) is 2.82. The first-order valence-corrected chi connectivity index (χ1v) is 7.70. The Kier molecular flexibility index (Phi) is 3.64. The first kappa shape index (κ1) is 15.0. The molecule has 1 aliphatic rings. The number of carbonyl (C=O) groups is 1. The van der Waals surface area contributed by atoms with Gasteiger partial charge in [0.25, 0.3) is 5.91 Å². The quantitative estimate of drug-likeness (QED) is 0.789. The molecule has 1 fully saturated rings. The Morgan fingerprint density at radius 3 is 2.91 bits per heavy atom. The molecule has 2 heterocycles. The highest BCUT2D eigenvalue weighted by molar-refractivity contribution is 6.04. The number of aliphatic hydroxyl groups excluding tert-OH is 1. The van der Waals surface area contributed by atoms with Gasteiger partial charge in [-0.05, 0) is 40.0 Å². The number of H-pyrrole nitrogens is 1. The molecule has 6 heteroatoms. The minimum atomic E-state index is -0.490. The summed E-state index contributed by atoms with van der Waals surface area (Å²) < 4.78 is 0. The molecular weight excluding hydrogens is 280 g/mol. The molecule has 0 aliphatic heterocycles. The summed E-state index contributed by atoms with van der Waals surface area (Å²) in [5.74, 6) is 0.300. The monoisotopic (exact) mass is 302 g/mol. The second-order valence-electron chi connectivity index (χ2n) is 6.86. The van der Waals surface area contributed by atoms with E-state index in [1.807, 2.05) is 13.8 Å². The third kappa shape index (κ3) is 3.11. The van der Waals surface area contributed by atoms with Gasteiger partial charge in [-0.1, -0.05) is 0 Å². The summed E-state index contributed by atoms with van der Waals surface area (Å²) in [6.07, 6.45) is 5.74. The van der Waals surface area contributed by atoms with Crippen molar-refractivity contribution >= 4 is 17.1 Å². The van der Waals surface area contributed by atoms with Crippen LogP contribution < -0.4 is 5.32 Å². The zero-order valence-corrected chi connectivity index (χ0v) is 13.2. The predicted molar refractivity (Wildman–Crippen MR) is 83.7 cm³/mol. The molecule has 1 aliphatic carbocycles. The summed E-state index contributed by atoms with van der Waals surface area (Å²) >= 11 is 0. The molecule has 2 aromatic rings. The number of nitrogens with one attached hydrogen (secondary N) is 2. The molecule has 1 saturated carbocycles. The molecule has 2 aromatic heterocycles. The largest absolute Gasteiger partial charge is 0.393 e. The van der Waals surface area contributed by atoms with Gasteiger partial charge >= 0.3 is 0 Å². The summed E-state index contributed by atoms with van der Waals surface area (Å²) in [4.78, 5) is 24.5. The number of hydrogen-bond donors (Lipinski definition) is 3. The number of hydrogen-bond acceptors (Lipinski definition) is 4. The molecule has 22 heavy (non-hydrogen) atoms. The molecule has 1 amide bonds. The molecule has 3 rings (SSSR count). The maximum atomic E-state index is 12.5. The van der Waals surface area contributed by atoms with Gasteiger partial charge < -0.3 is 15.4 Å². The van der Waals surface area contributed by atoms with Crippen LogP contribution in [0, 0.1) is 0 Å². The van der Waals surface area contributed by atoms with E-state index in [0.29, 0.717) is 29.1 Å². The summed E-state index contributed by atoms with van der Waals surface area (Å²) in [6.45, 7) is 5.51. The molecule has 1 unspecified atom stereocenters. The van der Waals surface area contributed by atoms with E-state index >= 15 is 0 Å². The number of nitrogens with zero attached hydrogens (tertiary/aromatic N) is 2. The molecule has 0 bridgehead atoms. The van der Waals surface area contributed by atoms with Crippen LogP contribution in [0.1, 0.15) is 62.0 Å². The van der Waals surface area contributed by atoms with Gasteiger partial charge in [-0.3, -0.25) is 4.79 Å². The lowest BCUT2D eigenvalue weighted by atomic mass is 9.97. The standard InChI is InChI=1S/C16H22N4O2/c1-9(21)6-16(2,3)20-15(22)11-7-17-14-13(11)19-12(8-18-14)10-4-5-10/h7-10,21H,4-6H2,1-3H3,(H,17,18)(H,20,22). The first-order valence-electron chi connectivity index (χ1n) is 7.70. The van der Waals surface area contributed by atoms with E-state index in [9.17, 15) is 9.90 Å². The Morgan fingerprint density at radius 2 is 2.27 bits per heavy atom. The molecule has 3 N–H and O–H groups in total. The van der Waals surface area contributed by atoms with Crippen molar-refractivity contribution in [1.82, 2.24) is 20.3 Å². The van der Waals surface area contributed by atoms with Crippen molar-refractivity contribution in [3.05, 3.63) is 23.7 Å². The summed E-state index contributed by atoms with van der Waals surface area (Å²) in [7, 11) is 0. The van der Waals surface area contributed by atoms with E-state index in [0.717, 1.165) is 18.5 Å². The van der Waals surface area contributed by atoms with Gasteiger partial charge in [0.2, 0.25) is 0 Å². The highest BCUT2D eigenvalue weighted by Crippen LogP contribution is 2.39. The number of aromatic amines is 1. The fourth-order valence-electron chi connectivity index (χ4n) is 2.82. The maximum absolute atomic E-state index is 12.5. The van der Waals surface area contributed by atoms with Crippen LogP contribution in [0.15, 0.2) is 12.4 Å². The Hall–Kier alpha value is -1.95. The summed E-state index contributed by atoms with van der Waals surface area (Å²) in [5, 5.41) is 12.5. The van der Waals surface area contributed by atoms with Crippen LogP contribution in [0.5, 0.6) is 0 Å². The van der Waals surface area contributed by atoms with Crippen LogP contribution in [0.4, 0.5) is 0 Å². The van der Waals surface area contributed by atoms with E-state index in [4.69, 9.17) is 0 Å². The van der Waals surface area contributed by atoms with Crippen molar-refractivity contribution in [1.29, 1.82) is 0 Å². The SMILES string of the molecule is CC(O)CC(C)(C)NC(=O)c1c[nH]c2ncc(C3CC3)nc12. The van der Waals surface area contributed by atoms with Crippen LogP contribution in [0.3, 0.4) is 0 Å². The zero-order chi connectivity index (χ0) is 15.9. The first-order chi connectivity index (χ1) is 10.4. The van der Waals surface area contributed by atoms with Gasteiger partial charge in [-0.15, -0.1) is 0 Å². The van der Waals surface area contributed by atoms with Gasteiger partial charge in [0.15, 0.2) is 5.65 Å². The van der Waals surface area contributed by atoms with Crippen LogP contribution >= 0.6 is 0 Å². The van der Waals surface area contributed by atoms with E-state index in [1.165, 1.54) is 0 Å². The van der Waals surface area contributed by atoms with Crippen molar-refractivity contribution in [3.63, 3.8) is 0 Å². The number of rotatable bonds is 5. The van der Waals surface area contributed by atoms with Crippen LogP contribution in [-0.4, -0.2) is 37.6 Å². The number of amides is 1. The van der Waals surface area contributed by atoms with Crippen molar-refractivity contribution in [2.24, 2.45) is 0 Å². The third-order valence-corrected chi connectivity index (χ3v) is 3.90. The summed E-state index contributed by atoms with van der Waals surface area (Å²) in [5.41, 5.74) is 2.22. The predicted octanol–water partition coefficient (Wildman–Crippen LogP) is 2.11. The van der Waals surface area contributed by atoms with Crippen LogP contribution in [-0.2, 0) is 0 Å². The molecule has 0 radical (unpaired) electrons. The summed E-state index contributed by atoms with van der Waals surface area (Å²) in [6, 6.07) is 0. The Labute approximate surface area is 129 Å². The number of aliphatic hydroxyl groups is 1. The molecule has 118 valence electrons. The van der Waals surface area contributed by atoms with E-state index < -0.39 is 11.6 Å². The Bertz CT molecular complexity index is 701. The van der Waals surface area contributed by atoms with Gasteiger partial charge in [0.05, 0.1) is 23.6 Å². The molecule has 1 atom stereocenters. The lowest BCUT2D eigenvalue weighted by Gasteiger charge is -2.27. The number of fused-ring (bicyclic) bond motifs is 1. The van der Waals surface area contributed by atoms with Gasteiger partial charge in [-0.2, -0.15) is 0 Å². The van der Waals surface area contributed by atoms with E-state index in [2.05, 4.69) is 20.3 Å². The van der Waals surface area contributed by atoms with E-state index in [-0.39, 0.29) is 5.91 Å². The fraction of sp³-hybridized carbons (Fsp3) is 0.562. The van der Waals surface area contributed by atoms with Gasteiger partial charge in [0, 0.05) is 17.7 Å². The molecule has 6 nitrogen and oxygen atoms in total. The normalized spacial score (nSPS) is 16.7. The van der Waals surface area contributed by atoms with Crippen molar-refractivity contribution in [2.45, 2.75) is 57.6 Å². The second kappa shape index (κ2) is 5.35. The molecule has 0 saturated heterocycles. The highest BCUT2D eigenvalue weighted by atomic mass is 16.3.